The van der Waals surface area contributed by atoms with Crippen molar-refractivity contribution in [1.82, 2.24) is 14.7 Å². The van der Waals surface area contributed by atoms with Gasteiger partial charge in [-0.05, 0) is 107 Å². The SMILES string of the molecule is CN1CCN(C2=Nc3cc(Cl)ccc3Nc3ccccc32)CC1.CSc1ccc2c(c1)N(CCC1CCCCN1C)c1ccccc1S2. The highest BCUT2D eigenvalue weighted by Gasteiger charge is 2.27. The minimum Gasteiger partial charge on any atom is -0.353 e. The molecule has 1 N–H and O–H groups in total. The van der Waals surface area contributed by atoms with Crippen molar-refractivity contribution in [3.05, 3.63) is 95.5 Å². The predicted octanol–water partition coefficient (Wildman–Crippen LogP) is 9.61. The Morgan fingerprint density at radius 2 is 1.62 bits per heavy atom. The first-order valence-electron chi connectivity index (χ1n) is 17.1. The molecule has 1 atom stereocenters. The van der Waals surface area contributed by atoms with Crippen LogP contribution in [0.15, 0.2) is 105 Å². The second-order valence-electron chi connectivity index (χ2n) is 13.0. The molecule has 0 amide bonds. The third kappa shape index (κ3) is 7.38. The monoisotopic (exact) mass is 696 g/mol. The van der Waals surface area contributed by atoms with Crippen molar-refractivity contribution in [3.63, 3.8) is 0 Å². The maximum Gasteiger partial charge on any atom is 0.138 e. The van der Waals surface area contributed by atoms with Crippen LogP contribution >= 0.6 is 35.1 Å². The van der Waals surface area contributed by atoms with Crippen LogP contribution in [0.25, 0.3) is 0 Å². The van der Waals surface area contributed by atoms with Crippen molar-refractivity contribution in [2.75, 3.05) is 69.8 Å². The molecule has 4 aromatic carbocycles. The number of nitrogens with zero attached hydrogens (tertiary/aromatic N) is 5. The van der Waals surface area contributed by atoms with Crippen molar-refractivity contribution in [2.45, 2.75) is 46.4 Å². The number of piperidine rings is 1. The Balaban J connectivity index is 0.000000152. The number of thioether (sulfide) groups is 1. The van der Waals surface area contributed by atoms with E-state index in [0.717, 1.165) is 67.2 Å². The van der Waals surface area contributed by atoms with Crippen LogP contribution in [0.1, 0.15) is 31.2 Å². The number of hydrogen-bond acceptors (Lipinski definition) is 8. The number of benzene rings is 4. The first-order valence-corrected chi connectivity index (χ1v) is 19.5. The summed E-state index contributed by atoms with van der Waals surface area (Å²) in [5.74, 6) is 1.03. The third-order valence-corrected chi connectivity index (χ3v) is 12.0. The number of aliphatic imine (C=N–C) groups is 1. The molecule has 9 heteroatoms. The number of amidine groups is 1. The largest absolute Gasteiger partial charge is 0.353 e. The van der Waals surface area contributed by atoms with Gasteiger partial charge in [-0.25, -0.2) is 4.99 Å². The van der Waals surface area contributed by atoms with Gasteiger partial charge in [0.15, 0.2) is 0 Å². The number of halogens is 1. The highest BCUT2D eigenvalue weighted by Crippen LogP contribution is 2.49. The Labute approximate surface area is 299 Å². The molecule has 1 unspecified atom stereocenters. The van der Waals surface area contributed by atoms with Crippen molar-refractivity contribution in [1.29, 1.82) is 0 Å². The van der Waals surface area contributed by atoms with E-state index in [1.165, 1.54) is 58.3 Å². The molecule has 8 rings (SSSR count). The smallest absolute Gasteiger partial charge is 0.138 e. The quantitative estimate of drug-likeness (QED) is 0.213. The number of para-hydroxylation sites is 2. The highest BCUT2D eigenvalue weighted by molar-refractivity contribution is 8.00. The highest BCUT2D eigenvalue weighted by atomic mass is 35.5. The fourth-order valence-corrected chi connectivity index (χ4v) is 8.71. The zero-order valence-corrected chi connectivity index (χ0v) is 30.6. The Morgan fingerprint density at radius 3 is 2.46 bits per heavy atom. The molecule has 0 spiro atoms. The molecule has 0 aromatic heterocycles. The molecule has 2 fully saturated rings. The van der Waals surface area contributed by atoms with Gasteiger partial charge in [-0.15, -0.1) is 11.8 Å². The lowest BCUT2D eigenvalue weighted by molar-refractivity contribution is 0.178. The first kappa shape index (κ1) is 33.4. The fourth-order valence-electron chi connectivity index (χ4n) is 7.03. The topological polar surface area (TPSA) is 37.4 Å². The number of likely N-dealkylation sites (N-methyl/N-ethyl adjacent to an activating group) is 1. The molecule has 0 aliphatic carbocycles. The third-order valence-electron chi connectivity index (χ3n) is 9.87. The van der Waals surface area contributed by atoms with Crippen molar-refractivity contribution < 1.29 is 0 Å². The summed E-state index contributed by atoms with van der Waals surface area (Å²) in [5.41, 5.74) is 6.87. The molecule has 48 heavy (non-hydrogen) atoms. The number of rotatable bonds is 4. The summed E-state index contributed by atoms with van der Waals surface area (Å²) in [4.78, 5) is 18.9. The van der Waals surface area contributed by atoms with E-state index in [4.69, 9.17) is 16.6 Å². The average molecular weight is 697 g/mol. The average Bonchev–Trinajstić information content (AvgIpc) is 3.28. The van der Waals surface area contributed by atoms with Gasteiger partial charge in [0.2, 0.25) is 0 Å². The maximum atomic E-state index is 6.18. The van der Waals surface area contributed by atoms with Gasteiger partial charge in [0.1, 0.15) is 5.84 Å². The molecular weight excluding hydrogens is 652 g/mol. The normalized spacial score (nSPS) is 19.0. The zero-order chi connectivity index (χ0) is 33.0. The maximum absolute atomic E-state index is 6.18. The molecule has 0 bridgehead atoms. The number of anilines is 4. The molecule has 4 heterocycles. The Hall–Kier alpha value is -3.14. The van der Waals surface area contributed by atoms with Crippen LogP contribution in [-0.4, -0.2) is 86.2 Å². The van der Waals surface area contributed by atoms with Gasteiger partial charge in [-0.2, -0.15) is 0 Å². The van der Waals surface area contributed by atoms with Crippen LogP contribution in [0.2, 0.25) is 5.02 Å². The Bertz CT molecular complexity index is 1770. The van der Waals surface area contributed by atoms with Gasteiger partial charge >= 0.3 is 0 Å². The van der Waals surface area contributed by atoms with Gasteiger partial charge in [0, 0.05) is 69.7 Å². The van der Waals surface area contributed by atoms with E-state index < -0.39 is 0 Å². The second-order valence-corrected chi connectivity index (χ2v) is 15.4. The van der Waals surface area contributed by atoms with Gasteiger partial charge in [0.05, 0.1) is 22.7 Å². The number of fused-ring (bicyclic) bond motifs is 4. The minimum atomic E-state index is 0.706. The van der Waals surface area contributed by atoms with Crippen LogP contribution in [-0.2, 0) is 0 Å². The second kappa shape index (κ2) is 15.2. The molecule has 0 saturated carbocycles. The Morgan fingerprint density at radius 1 is 0.833 bits per heavy atom. The lowest BCUT2D eigenvalue weighted by Gasteiger charge is -2.37. The van der Waals surface area contributed by atoms with Crippen molar-refractivity contribution >= 4 is 69.4 Å². The van der Waals surface area contributed by atoms with Crippen LogP contribution in [0.3, 0.4) is 0 Å². The van der Waals surface area contributed by atoms with E-state index in [9.17, 15) is 0 Å². The Kier molecular flexibility index (Phi) is 10.5. The van der Waals surface area contributed by atoms with Crippen LogP contribution in [0.4, 0.5) is 28.4 Å². The van der Waals surface area contributed by atoms with E-state index in [2.05, 4.69) is 106 Å². The molecule has 0 radical (unpaired) electrons. The first-order chi connectivity index (χ1) is 23.5. The van der Waals surface area contributed by atoms with Crippen molar-refractivity contribution in [2.24, 2.45) is 4.99 Å². The van der Waals surface area contributed by atoms with E-state index >= 15 is 0 Å². The molecule has 4 aliphatic rings. The van der Waals surface area contributed by atoms with E-state index in [1.54, 1.807) is 0 Å². The molecular formula is C39H45ClN6S2. The van der Waals surface area contributed by atoms with E-state index in [1.807, 2.05) is 47.8 Å². The number of likely N-dealkylation sites (tertiary alicyclic amines) is 1. The van der Waals surface area contributed by atoms with Crippen LogP contribution in [0.5, 0.6) is 0 Å². The van der Waals surface area contributed by atoms with Gasteiger partial charge in [0.25, 0.3) is 0 Å². The van der Waals surface area contributed by atoms with Gasteiger partial charge in [-0.1, -0.05) is 54.0 Å². The lowest BCUT2D eigenvalue weighted by Crippen LogP contribution is -2.47. The number of nitrogens with one attached hydrogen (secondary N) is 1. The summed E-state index contributed by atoms with van der Waals surface area (Å²) in [6.45, 7) is 6.43. The summed E-state index contributed by atoms with van der Waals surface area (Å²) >= 11 is 9.91. The minimum absolute atomic E-state index is 0.706. The predicted molar refractivity (Wildman–Crippen MR) is 207 cm³/mol. The summed E-state index contributed by atoms with van der Waals surface area (Å²) < 4.78 is 0. The summed E-state index contributed by atoms with van der Waals surface area (Å²) in [6, 6.07) is 30.6. The van der Waals surface area contributed by atoms with Crippen molar-refractivity contribution in [3.8, 4) is 0 Å². The van der Waals surface area contributed by atoms with Gasteiger partial charge in [-0.3, -0.25) is 0 Å². The fraction of sp³-hybridized carbons (Fsp3) is 0.359. The zero-order valence-electron chi connectivity index (χ0n) is 28.2. The van der Waals surface area contributed by atoms with Crippen LogP contribution < -0.4 is 10.2 Å². The van der Waals surface area contributed by atoms with E-state index in [-0.39, 0.29) is 0 Å². The standard InChI is InChI=1S/C21H26N2S2.C18H19ClN4/c1-22-13-6-5-7-16(22)12-14-23-18-8-3-4-9-20(18)25-21-11-10-17(24-2)15-19(21)23;1-22-8-10-23(11-9-22)18-14-4-2-3-5-15(14)20-16-7-6-13(19)12-17(16)21-18/h3-4,8-11,15-16H,5-7,12-14H2,1-2H3;2-7,12,20H,8-11H2,1H3. The summed E-state index contributed by atoms with van der Waals surface area (Å²) in [7, 11) is 4.46. The van der Waals surface area contributed by atoms with Crippen LogP contribution in [0, 0.1) is 0 Å². The van der Waals surface area contributed by atoms with E-state index in [0.29, 0.717) is 5.02 Å². The number of piperazine rings is 1. The molecule has 4 aliphatic heterocycles. The molecule has 2 saturated heterocycles. The lowest BCUT2D eigenvalue weighted by atomic mass is 9.99. The molecule has 250 valence electrons. The summed E-state index contributed by atoms with van der Waals surface area (Å²) in [6.07, 6.45) is 7.48. The number of hydrogen-bond donors (Lipinski definition) is 1. The summed E-state index contributed by atoms with van der Waals surface area (Å²) in [5, 5.41) is 4.20. The molecule has 6 nitrogen and oxygen atoms in total. The van der Waals surface area contributed by atoms with Gasteiger partial charge < -0.3 is 24.9 Å². The molecule has 4 aromatic rings.